The minimum Gasteiger partial charge on any atom is -0.378 e. The zero-order chi connectivity index (χ0) is 11.6. The summed E-state index contributed by atoms with van der Waals surface area (Å²) in [5.41, 5.74) is 2.09. The van der Waals surface area contributed by atoms with Crippen molar-refractivity contribution in [1.29, 1.82) is 5.26 Å². The molecule has 0 aromatic heterocycles. The molecule has 0 saturated carbocycles. The predicted octanol–water partition coefficient (Wildman–Crippen LogP) is 1.97. The summed E-state index contributed by atoms with van der Waals surface area (Å²) < 4.78 is 5.14. The van der Waals surface area contributed by atoms with Gasteiger partial charge in [-0.15, -0.1) is 0 Å². The molecule has 2 rings (SSSR count). The predicted molar refractivity (Wildman–Crippen MR) is 63.3 cm³/mol. The molecule has 1 aliphatic rings. The summed E-state index contributed by atoms with van der Waals surface area (Å²) in [4.78, 5) is 2.12. The second kappa shape index (κ2) is 4.15. The van der Waals surface area contributed by atoms with Crippen LogP contribution in [0.4, 0.5) is 5.69 Å². The summed E-state index contributed by atoms with van der Waals surface area (Å²) in [6.45, 7) is 3.91. The van der Waals surface area contributed by atoms with E-state index in [0.29, 0.717) is 13.2 Å². The zero-order valence-electron chi connectivity index (χ0n) is 9.73. The summed E-state index contributed by atoms with van der Waals surface area (Å²) in [5.74, 6) is 0. The van der Waals surface area contributed by atoms with E-state index in [1.54, 1.807) is 0 Å². The molecule has 1 aromatic rings. The van der Waals surface area contributed by atoms with Gasteiger partial charge in [0.25, 0.3) is 0 Å². The second-order valence-corrected chi connectivity index (χ2v) is 4.58. The van der Waals surface area contributed by atoms with E-state index < -0.39 is 0 Å². The molecule has 0 spiro atoms. The first-order chi connectivity index (χ1) is 7.65. The number of hydrogen-bond donors (Lipinski definition) is 0. The van der Waals surface area contributed by atoms with Crippen LogP contribution in [-0.4, -0.2) is 26.8 Å². The normalized spacial score (nSPS) is 17.3. The minimum absolute atomic E-state index is 0.306. The van der Waals surface area contributed by atoms with Crippen molar-refractivity contribution < 1.29 is 4.74 Å². The Hall–Kier alpha value is -1.53. The van der Waals surface area contributed by atoms with Crippen molar-refractivity contribution in [3.63, 3.8) is 0 Å². The van der Waals surface area contributed by atoms with Crippen molar-refractivity contribution >= 4 is 5.69 Å². The van der Waals surface area contributed by atoms with E-state index in [9.17, 15) is 0 Å². The first kappa shape index (κ1) is 11.0. The highest BCUT2D eigenvalue weighted by Crippen LogP contribution is 2.29. The van der Waals surface area contributed by atoms with Gasteiger partial charge in [0.1, 0.15) is 5.41 Å². The highest BCUT2D eigenvalue weighted by atomic mass is 16.5. The van der Waals surface area contributed by atoms with Gasteiger partial charge in [-0.25, -0.2) is 0 Å². The van der Waals surface area contributed by atoms with Gasteiger partial charge in [-0.1, -0.05) is 17.7 Å². The van der Waals surface area contributed by atoms with E-state index in [1.165, 1.54) is 5.56 Å². The Kier molecular flexibility index (Phi) is 2.84. The average Bonchev–Trinajstić information content (AvgIpc) is 2.24. The van der Waals surface area contributed by atoms with Crippen LogP contribution in [0, 0.1) is 23.7 Å². The van der Waals surface area contributed by atoms with Gasteiger partial charge in [-0.05, 0) is 19.1 Å². The van der Waals surface area contributed by atoms with Crippen molar-refractivity contribution in [1.82, 2.24) is 0 Å². The smallest absolute Gasteiger partial charge is 0.121 e. The molecule has 1 fully saturated rings. The van der Waals surface area contributed by atoms with Crippen LogP contribution >= 0.6 is 0 Å². The molecule has 1 saturated heterocycles. The van der Waals surface area contributed by atoms with Gasteiger partial charge in [0.05, 0.1) is 19.3 Å². The highest BCUT2D eigenvalue weighted by molar-refractivity contribution is 5.47. The molecule has 0 radical (unpaired) electrons. The Morgan fingerprint density at radius 2 is 2.00 bits per heavy atom. The molecule has 16 heavy (non-hydrogen) atoms. The number of benzene rings is 1. The molecule has 0 N–H and O–H groups in total. The van der Waals surface area contributed by atoms with Gasteiger partial charge < -0.3 is 9.64 Å². The van der Waals surface area contributed by atoms with E-state index in [0.717, 1.165) is 12.2 Å². The molecule has 1 aromatic carbocycles. The van der Waals surface area contributed by atoms with Crippen molar-refractivity contribution in [2.75, 3.05) is 31.7 Å². The van der Waals surface area contributed by atoms with Gasteiger partial charge in [0, 0.05) is 19.3 Å². The number of rotatable bonds is 3. The minimum atomic E-state index is -0.306. The lowest BCUT2D eigenvalue weighted by Gasteiger charge is -2.38. The van der Waals surface area contributed by atoms with Crippen LogP contribution in [0.2, 0.25) is 0 Å². The lowest BCUT2D eigenvalue weighted by atomic mass is 9.87. The monoisotopic (exact) mass is 216 g/mol. The summed E-state index contributed by atoms with van der Waals surface area (Å²) in [6, 6.07) is 10.7. The quantitative estimate of drug-likeness (QED) is 0.775. The number of hydrogen-bond acceptors (Lipinski definition) is 3. The third-order valence-electron chi connectivity index (χ3n) is 3.01. The molecule has 0 amide bonds. The van der Waals surface area contributed by atoms with Crippen LogP contribution in [0.5, 0.6) is 0 Å². The van der Waals surface area contributed by atoms with Crippen LogP contribution in [-0.2, 0) is 4.74 Å². The number of nitriles is 1. The van der Waals surface area contributed by atoms with Crippen molar-refractivity contribution in [3.8, 4) is 6.07 Å². The van der Waals surface area contributed by atoms with Gasteiger partial charge >= 0.3 is 0 Å². The van der Waals surface area contributed by atoms with E-state index in [2.05, 4.69) is 42.2 Å². The Morgan fingerprint density at radius 3 is 2.44 bits per heavy atom. The SMILES string of the molecule is Cc1ccc(N(C)CC2(C#N)COC2)cc1. The molecule has 84 valence electrons. The Bertz CT molecular complexity index is 401. The lowest BCUT2D eigenvalue weighted by molar-refractivity contribution is -0.0716. The van der Waals surface area contributed by atoms with Crippen LogP contribution in [0.1, 0.15) is 5.56 Å². The molecule has 1 heterocycles. The van der Waals surface area contributed by atoms with Gasteiger partial charge in [0.2, 0.25) is 0 Å². The first-order valence-electron chi connectivity index (χ1n) is 5.42. The van der Waals surface area contributed by atoms with E-state index in [-0.39, 0.29) is 5.41 Å². The van der Waals surface area contributed by atoms with Crippen LogP contribution < -0.4 is 4.90 Å². The fourth-order valence-electron chi connectivity index (χ4n) is 1.88. The molecular weight excluding hydrogens is 200 g/mol. The average molecular weight is 216 g/mol. The number of anilines is 1. The van der Waals surface area contributed by atoms with E-state index in [4.69, 9.17) is 10.00 Å². The maximum atomic E-state index is 9.12. The third kappa shape index (κ3) is 2.02. The largest absolute Gasteiger partial charge is 0.378 e. The molecular formula is C13H16N2O. The summed E-state index contributed by atoms with van der Waals surface area (Å²) >= 11 is 0. The molecule has 0 aliphatic carbocycles. The first-order valence-corrected chi connectivity index (χ1v) is 5.42. The van der Waals surface area contributed by atoms with Crippen molar-refractivity contribution in [2.24, 2.45) is 5.41 Å². The Balaban J connectivity index is 2.05. The molecule has 3 heteroatoms. The Morgan fingerprint density at radius 1 is 1.38 bits per heavy atom. The molecule has 3 nitrogen and oxygen atoms in total. The number of nitrogens with zero attached hydrogens (tertiary/aromatic N) is 2. The van der Waals surface area contributed by atoms with Crippen LogP contribution in [0.3, 0.4) is 0 Å². The zero-order valence-corrected chi connectivity index (χ0v) is 9.73. The van der Waals surface area contributed by atoms with Gasteiger partial charge in [-0.2, -0.15) is 5.26 Å². The summed E-state index contributed by atoms with van der Waals surface area (Å²) in [6.07, 6.45) is 0. The molecule has 0 atom stereocenters. The van der Waals surface area contributed by atoms with Gasteiger partial charge in [0.15, 0.2) is 0 Å². The maximum absolute atomic E-state index is 9.12. The fourth-order valence-corrected chi connectivity index (χ4v) is 1.88. The molecule has 0 bridgehead atoms. The standard InChI is InChI=1S/C13H16N2O/c1-11-3-5-12(6-4-11)15(2)8-13(7-14)9-16-10-13/h3-6H,8-10H2,1-2H3. The van der Waals surface area contributed by atoms with Crippen LogP contribution in [0.25, 0.3) is 0 Å². The van der Waals surface area contributed by atoms with Crippen LogP contribution in [0.15, 0.2) is 24.3 Å². The molecule has 1 aliphatic heterocycles. The van der Waals surface area contributed by atoms with Crippen molar-refractivity contribution in [2.45, 2.75) is 6.92 Å². The third-order valence-corrected chi connectivity index (χ3v) is 3.01. The highest BCUT2D eigenvalue weighted by Gasteiger charge is 2.40. The fraction of sp³-hybridized carbons (Fsp3) is 0.462. The number of aryl methyl sites for hydroxylation is 1. The summed E-state index contributed by atoms with van der Waals surface area (Å²) in [7, 11) is 2.02. The number of ether oxygens (including phenoxy) is 1. The summed E-state index contributed by atoms with van der Waals surface area (Å²) in [5, 5.41) is 9.12. The van der Waals surface area contributed by atoms with Gasteiger partial charge in [-0.3, -0.25) is 0 Å². The van der Waals surface area contributed by atoms with E-state index >= 15 is 0 Å². The maximum Gasteiger partial charge on any atom is 0.121 e. The topological polar surface area (TPSA) is 36.3 Å². The van der Waals surface area contributed by atoms with Crippen molar-refractivity contribution in [3.05, 3.63) is 29.8 Å². The van der Waals surface area contributed by atoms with E-state index in [1.807, 2.05) is 7.05 Å². The molecule has 0 unspecified atom stereocenters. The Labute approximate surface area is 96.2 Å². The lowest BCUT2D eigenvalue weighted by Crippen LogP contribution is -2.49. The second-order valence-electron chi connectivity index (χ2n) is 4.58.